The molecule has 0 aromatic carbocycles. The van der Waals surface area contributed by atoms with Crippen LogP contribution in [0.3, 0.4) is 0 Å². The van der Waals surface area contributed by atoms with Crippen LogP contribution in [0.4, 0.5) is 0 Å². The SMILES string of the molecule is CC/C=C\C/C=C\C/C=C\C/C=C\C/C=C\C/C=C\C/C=C\C/C=C\CCCCCCC(=O)OCC(COC(=O)CCCCCCC)OC(=O)CCCCCCC/C=C\C/C=C\C/C=C\C/C=C\C/C=C\CC. The van der Waals surface area contributed by atoms with Crippen molar-refractivity contribution in [1.82, 2.24) is 0 Å². The molecule has 73 heavy (non-hydrogen) atoms. The molecule has 0 aliphatic rings. The average Bonchev–Trinajstić information content (AvgIpc) is 3.39. The molecule has 0 aliphatic heterocycles. The van der Waals surface area contributed by atoms with Crippen LogP contribution in [0.25, 0.3) is 0 Å². The standard InChI is InChI=1S/C67H104O6/c1-4-7-10-13-15-17-19-21-23-25-27-29-30-31-32-33-34-35-36-38-39-41-43-45-47-49-51-54-57-60-66(69)72-63-64(62-71-65(68)59-56-53-12-9-6-3)73-67(70)61-58-55-52-50-48-46-44-42-40-37-28-26-24-22-20-18-16-14-11-8-5-2/h7-8,10-11,15-18,21-24,27-29,31-32,34-35,37-39,42-45,64H,4-6,9,12-14,19-20,25-26,30,33,36,40-41,46-63H2,1-3H3/b10-7-,11-8-,17-15-,18-16-,23-21-,24-22-,29-27-,32-31-,35-34-,37-28-,39-38-,44-42-,45-43-. The Morgan fingerprint density at radius 1 is 0.288 bits per heavy atom. The topological polar surface area (TPSA) is 78.9 Å². The summed E-state index contributed by atoms with van der Waals surface area (Å²) in [5, 5.41) is 0. The van der Waals surface area contributed by atoms with Crippen molar-refractivity contribution in [2.24, 2.45) is 0 Å². The van der Waals surface area contributed by atoms with E-state index in [2.05, 4.69) is 179 Å². The molecule has 0 bridgehead atoms. The molecule has 408 valence electrons. The normalized spacial score (nSPS) is 13.3. The lowest BCUT2D eigenvalue weighted by atomic mass is 10.1. The third kappa shape index (κ3) is 57.8. The van der Waals surface area contributed by atoms with Gasteiger partial charge in [-0.25, -0.2) is 0 Å². The van der Waals surface area contributed by atoms with Crippen LogP contribution in [0.1, 0.15) is 226 Å². The lowest BCUT2D eigenvalue weighted by Crippen LogP contribution is -2.30. The van der Waals surface area contributed by atoms with E-state index in [-0.39, 0.29) is 31.1 Å². The summed E-state index contributed by atoms with van der Waals surface area (Å²) in [5.41, 5.74) is 0. The highest BCUT2D eigenvalue weighted by atomic mass is 16.6. The Morgan fingerprint density at radius 2 is 0.534 bits per heavy atom. The predicted octanol–water partition coefficient (Wildman–Crippen LogP) is 19.8. The van der Waals surface area contributed by atoms with Crippen molar-refractivity contribution < 1.29 is 28.6 Å². The number of carbonyl (C=O) groups is 3. The summed E-state index contributed by atoms with van der Waals surface area (Å²) in [6.07, 6.45) is 87.0. The van der Waals surface area contributed by atoms with Gasteiger partial charge in [0.25, 0.3) is 0 Å². The minimum atomic E-state index is -0.803. The summed E-state index contributed by atoms with van der Waals surface area (Å²) in [6, 6.07) is 0. The van der Waals surface area contributed by atoms with Gasteiger partial charge >= 0.3 is 17.9 Å². The minimum absolute atomic E-state index is 0.102. The third-order valence-electron chi connectivity index (χ3n) is 11.5. The molecule has 0 N–H and O–H groups in total. The molecule has 0 aliphatic carbocycles. The van der Waals surface area contributed by atoms with Crippen molar-refractivity contribution in [3.05, 3.63) is 158 Å². The smallest absolute Gasteiger partial charge is 0.306 e. The number of unbranched alkanes of at least 4 members (excludes halogenated alkanes) is 13. The number of hydrogen-bond donors (Lipinski definition) is 0. The third-order valence-corrected chi connectivity index (χ3v) is 11.5. The molecule has 0 spiro atoms. The van der Waals surface area contributed by atoms with Crippen molar-refractivity contribution in [2.45, 2.75) is 232 Å². The number of hydrogen-bond acceptors (Lipinski definition) is 6. The molecule has 1 unspecified atom stereocenters. The lowest BCUT2D eigenvalue weighted by Gasteiger charge is -2.18. The van der Waals surface area contributed by atoms with Gasteiger partial charge in [-0.05, 0) is 128 Å². The van der Waals surface area contributed by atoms with Crippen LogP contribution in [0.5, 0.6) is 0 Å². The number of ether oxygens (including phenoxy) is 3. The first kappa shape index (κ1) is 68.0. The summed E-state index contributed by atoms with van der Waals surface area (Å²) in [7, 11) is 0. The van der Waals surface area contributed by atoms with Gasteiger partial charge in [-0.1, -0.05) is 237 Å². The van der Waals surface area contributed by atoms with Gasteiger partial charge in [-0.2, -0.15) is 0 Å². The lowest BCUT2D eigenvalue weighted by molar-refractivity contribution is -0.167. The maximum atomic E-state index is 12.8. The largest absolute Gasteiger partial charge is 0.462 e. The molecular formula is C67H104O6. The Hall–Kier alpha value is -4.97. The molecule has 1 atom stereocenters. The summed E-state index contributed by atoms with van der Waals surface area (Å²) in [4.78, 5) is 37.8. The van der Waals surface area contributed by atoms with Crippen LogP contribution in [0.15, 0.2) is 158 Å². The van der Waals surface area contributed by atoms with Crippen molar-refractivity contribution >= 4 is 17.9 Å². The van der Waals surface area contributed by atoms with Crippen LogP contribution in [0.2, 0.25) is 0 Å². The molecule has 0 heterocycles. The highest BCUT2D eigenvalue weighted by Crippen LogP contribution is 2.12. The Morgan fingerprint density at radius 3 is 0.836 bits per heavy atom. The Labute approximate surface area is 448 Å². The molecule has 0 rings (SSSR count). The fourth-order valence-corrected chi connectivity index (χ4v) is 7.25. The minimum Gasteiger partial charge on any atom is -0.462 e. The molecule has 0 amide bonds. The zero-order valence-corrected chi connectivity index (χ0v) is 46.6. The van der Waals surface area contributed by atoms with Crippen molar-refractivity contribution in [1.29, 1.82) is 0 Å². The first-order valence-corrected chi connectivity index (χ1v) is 29.0. The van der Waals surface area contributed by atoms with E-state index in [4.69, 9.17) is 14.2 Å². The van der Waals surface area contributed by atoms with Crippen LogP contribution < -0.4 is 0 Å². The summed E-state index contributed by atoms with van der Waals surface area (Å²) >= 11 is 0. The van der Waals surface area contributed by atoms with E-state index in [1.807, 2.05) is 0 Å². The maximum Gasteiger partial charge on any atom is 0.306 e. The summed E-state index contributed by atoms with van der Waals surface area (Å²) in [5.74, 6) is -0.971. The first-order valence-electron chi connectivity index (χ1n) is 29.0. The maximum absolute atomic E-state index is 12.8. The molecule has 0 aromatic rings. The van der Waals surface area contributed by atoms with Crippen LogP contribution in [-0.4, -0.2) is 37.2 Å². The highest BCUT2D eigenvalue weighted by molar-refractivity contribution is 5.71. The van der Waals surface area contributed by atoms with Gasteiger partial charge in [0.15, 0.2) is 6.10 Å². The fourth-order valence-electron chi connectivity index (χ4n) is 7.25. The van der Waals surface area contributed by atoms with Gasteiger partial charge in [0.2, 0.25) is 0 Å². The molecule has 0 fully saturated rings. The first-order chi connectivity index (χ1) is 36.0. The average molecular weight is 1010 g/mol. The second-order valence-electron chi connectivity index (χ2n) is 18.4. The van der Waals surface area contributed by atoms with Crippen LogP contribution in [0, 0.1) is 0 Å². The quantitative estimate of drug-likeness (QED) is 0.0261. The van der Waals surface area contributed by atoms with Gasteiger partial charge in [0.1, 0.15) is 13.2 Å². The van der Waals surface area contributed by atoms with Gasteiger partial charge in [-0.15, -0.1) is 0 Å². The second-order valence-corrected chi connectivity index (χ2v) is 18.4. The molecule has 6 nitrogen and oxygen atoms in total. The summed E-state index contributed by atoms with van der Waals surface area (Å²) < 4.78 is 16.7. The fraction of sp³-hybridized carbons (Fsp3) is 0.567. The predicted molar refractivity (Wildman–Crippen MR) is 315 cm³/mol. The molecule has 0 saturated heterocycles. The zero-order valence-electron chi connectivity index (χ0n) is 46.6. The van der Waals surface area contributed by atoms with Crippen molar-refractivity contribution in [3.63, 3.8) is 0 Å². The van der Waals surface area contributed by atoms with Gasteiger partial charge in [-0.3, -0.25) is 14.4 Å². The number of allylic oxidation sites excluding steroid dienone is 26. The van der Waals surface area contributed by atoms with Gasteiger partial charge in [0, 0.05) is 19.3 Å². The van der Waals surface area contributed by atoms with E-state index in [9.17, 15) is 14.4 Å². The molecule has 6 heteroatoms. The van der Waals surface area contributed by atoms with Crippen LogP contribution in [-0.2, 0) is 28.6 Å². The Bertz CT molecular complexity index is 1670. The molecular weight excluding hydrogens is 901 g/mol. The number of carbonyl (C=O) groups excluding carboxylic acids is 3. The van der Waals surface area contributed by atoms with Crippen molar-refractivity contribution in [2.75, 3.05) is 13.2 Å². The summed E-state index contributed by atoms with van der Waals surface area (Å²) in [6.45, 7) is 6.27. The highest BCUT2D eigenvalue weighted by Gasteiger charge is 2.19. The van der Waals surface area contributed by atoms with E-state index in [0.717, 1.165) is 186 Å². The molecule has 0 radical (unpaired) electrons. The number of esters is 3. The van der Waals surface area contributed by atoms with E-state index in [1.54, 1.807) is 0 Å². The van der Waals surface area contributed by atoms with E-state index >= 15 is 0 Å². The van der Waals surface area contributed by atoms with E-state index in [0.29, 0.717) is 19.3 Å². The number of rotatable bonds is 50. The Kier molecular flexibility index (Phi) is 55.5. The van der Waals surface area contributed by atoms with Gasteiger partial charge in [0.05, 0.1) is 0 Å². The Balaban J connectivity index is 4.24. The zero-order chi connectivity index (χ0) is 52.9. The van der Waals surface area contributed by atoms with Crippen LogP contribution >= 0.6 is 0 Å². The second kappa shape index (κ2) is 59.6. The molecule has 0 aromatic heterocycles. The van der Waals surface area contributed by atoms with Crippen molar-refractivity contribution in [3.8, 4) is 0 Å². The monoisotopic (exact) mass is 1000 g/mol. The van der Waals surface area contributed by atoms with E-state index < -0.39 is 6.10 Å². The van der Waals surface area contributed by atoms with E-state index in [1.165, 1.54) is 0 Å². The molecule has 0 saturated carbocycles. The van der Waals surface area contributed by atoms with Gasteiger partial charge < -0.3 is 14.2 Å².